The molecule has 0 radical (unpaired) electrons. The molecule has 0 bridgehead atoms. The molecule has 1 amide bonds. The van der Waals surface area contributed by atoms with Crippen molar-refractivity contribution in [3.8, 4) is 0 Å². The topological polar surface area (TPSA) is 63.5 Å². The number of halogens is 1. The molecule has 0 aliphatic carbocycles. The highest BCUT2D eigenvalue weighted by molar-refractivity contribution is 7.99. The van der Waals surface area contributed by atoms with Crippen molar-refractivity contribution < 1.29 is 4.79 Å². The van der Waals surface area contributed by atoms with Crippen molar-refractivity contribution in [3.63, 3.8) is 0 Å². The van der Waals surface area contributed by atoms with Crippen LogP contribution in [-0.2, 0) is 17.0 Å². The summed E-state index contributed by atoms with van der Waals surface area (Å²) >= 11 is 9.07. The lowest BCUT2D eigenvalue weighted by Crippen LogP contribution is -2.46. The fourth-order valence-electron chi connectivity index (χ4n) is 2.79. The van der Waals surface area contributed by atoms with Gasteiger partial charge in [-0.3, -0.25) is 14.0 Å². The average Bonchev–Trinajstić information content (AvgIpc) is 3.05. The van der Waals surface area contributed by atoms with E-state index in [9.17, 15) is 9.59 Å². The summed E-state index contributed by atoms with van der Waals surface area (Å²) in [5.41, 5.74) is 1.19. The van der Waals surface area contributed by atoms with Gasteiger partial charge in [-0.05, 0) is 31.9 Å². The zero-order valence-corrected chi connectivity index (χ0v) is 17.5. The normalized spacial score (nSPS) is 11.7. The van der Waals surface area contributed by atoms with E-state index in [1.165, 1.54) is 33.6 Å². The predicted octanol–water partition coefficient (Wildman–Crippen LogP) is 3.78. The maximum Gasteiger partial charge on any atom is 0.258 e. The van der Waals surface area contributed by atoms with Crippen molar-refractivity contribution >= 4 is 45.6 Å². The van der Waals surface area contributed by atoms with Gasteiger partial charge < -0.3 is 5.32 Å². The van der Waals surface area contributed by atoms with Gasteiger partial charge in [0.1, 0.15) is 0 Å². The molecule has 0 unspecified atom stereocenters. The van der Waals surface area contributed by atoms with Gasteiger partial charge in [-0.15, -0.1) is 23.1 Å². The third-order valence-corrected chi connectivity index (χ3v) is 6.00. The monoisotopic (exact) mass is 421 g/mol. The van der Waals surface area contributed by atoms with Gasteiger partial charge in [0.05, 0.1) is 11.4 Å². The van der Waals surface area contributed by atoms with Crippen LogP contribution in [0.2, 0.25) is 5.02 Å². The van der Waals surface area contributed by atoms with Crippen molar-refractivity contribution in [2.24, 2.45) is 0 Å². The minimum Gasteiger partial charge on any atom is -0.350 e. The molecule has 142 valence electrons. The number of carbonyl (C=O) groups excluding carboxylic acids is 1. The van der Waals surface area contributed by atoms with Crippen molar-refractivity contribution in [1.82, 2.24) is 14.7 Å². The molecule has 0 saturated carbocycles. The summed E-state index contributed by atoms with van der Waals surface area (Å²) in [5.74, 6) is 0.769. The number of aromatic nitrogens is 2. The van der Waals surface area contributed by atoms with E-state index in [0.29, 0.717) is 33.6 Å². The van der Waals surface area contributed by atoms with Gasteiger partial charge in [0.25, 0.3) is 5.56 Å². The molecule has 5 nitrogen and oxygen atoms in total. The Balaban J connectivity index is 1.52. The highest BCUT2D eigenvalue weighted by atomic mass is 35.5. The van der Waals surface area contributed by atoms with Crippen molar-refractivity contribution in [3.05, 3.63) is 68.5 Å². The van der Waals surface area contributed by atoms with E-state index >= 15 is 0 Å². The lowest BCUT2D eigenvalue weighted by Gasteiger charge is -2.27. The van der Waals surface area contributed by atoms with Gasteiger partial charge in [0, 0.05) is 34.0 Å². The van der Waals surface area contributed by atoms with Crippen LogP contribution in [0.3, 0.4) is 0 Å². The van der Waals surface area contributed by atoms with Crippen molar-refractivity contribution in [2.45, 2.75) is 31.6 Å². The smallest absolute Gasteiger partial charge is 0.258 e. The molecule has 2 aromatic heterocycles. The third kappa shape index (κ3) is 5.34. The molecule has 8 heteroatoms. The summed E-state index contributed by atoms with van der Waals surface area (Å²) < 4.78 is 1.52. The highest BCUT2D eigenvalue weighted by Crippen LogP contribution is 2.21. The van der Waals surface area contributed by atoms with Gasteiger partial charge in [0.15, 0.2) is 4.96 Å². The minimum atomic E-state index is -0.407. The second-order valence-corrected chi connectivity index (χ2v) is 9.10. The zero-order valence-electron chi connectivity index (χ0n) is 15.1. The summed E-state index contributed by atoms with van der Waals surface area (Å²) in [7, 11) is 0. The Morgan fingerprint density at radius 3 is 2.93 bits per heavy atom. The summed E-state index contributed by atoms with van der Waals surface area (Å²) in [4.78, 5) is 29.4. The number of carbonyl (C=O) groups is 1. The maximum absolute atomic E-state index is 12.3. The first-order chi connectivity index (χ1) is 12.8. The second-order valence-electron chi connectivity index (χ2n) is 6.83. The Kier molecular flexibility index (Phi) is 6.24. The van der Waals surface area contributed by atoms with E-state index in [1.807, 2.05) is 43.5 Å². The van der Waals surface area contributed by atoms with Crippen LogP contribution in [0.4, 0.5) is 0 Å². The summed E-state index contributed by atoms with van der Waals surface area (Å²) in [5, 5.41) is 5.59. The lowest BCUT2D eigenvalue weighted by atomic mass is 9.95. The third-order valence-electron chi connectivity index (χ3n) is 3.91. The first-order valence-corrected chi connectivity index (χ1v) is 10.8. The molecule has 27 heavy (non-hydrogen) atoms. The van der Waals surface area contributed by atoms with Crippen molar-refractivity contribution in [1.29, 1.82) is 0 Å². The number of thiazole rings is 1. The van der Waals surface area contributed by atoms with E-state index in [0.717, 1.165) is 5.56 Å². The molecule has 0 aliphatic heterocycles. The number of thioether (sulfide) groups is 1. The Labute approximate surface area is 170 Å². The zero-order chi connectivity index (χ0) is 19.4. The molecule has 0 atom stereocenters. The van der Waals surface area contributed by atoms with Gasteiger partial charge in [-0.25, -0.2) is 4.98 Å². The molecule has 0 fully saturated rings. The Hall–Kier alpha value is -1.83. The van der Waals surface area contributed by atoms with E-state index in [2.05, 4.69) is 10.3 Å². The SMILES string of the molecule is CC(C)(Cc1ccccc1Cl)NC(=O)CSCc1cc(=O)n2ccsc2n1. The Morgan fingerprint density at radius 1 is 1.37 bits per heavy atom. The number of nitrogens with zero attached hydrogens (tertiary/aromatic N) is 2. The number of fused-ring (bicyclic) bond motifs is 1. The van der Waals surface area contributed by atoms with Gasteiger partial charge in [0.2, 0.25) is 5.91 Å². The van der Waals surface area contributed by atoms with Crippen LogP contribution >= 0.6 is 34.7 Å². The largest absolute Gasteiger partial charge is 0.350 e. The Morgan fingerprint density at radius 2 is 2.15 bits per heavy atom. The quantitative estimate of drug-likeness (QED) is 0.630. The number of nitrogens with one attached hydrogen (secondary N) is 1. The van der Waals surface area contributed by atoms with Gasteiger partial charge in [-0.1, -0.05) is 29.8 Å². The second kappa shape index (κ2) is 8.46. The molecule has 1 aromatic carbocycles. The van der Waals surface area contributed by atoms with Crippen LogP contribution in [0.5, 0.6) is 0 Å². The lowest BCUT2D eigenvalue weighted by molar-refractivity contribution is -0.120. The number of benzene rings is 1. The van der Waals surface area contributed by atoms with E-state index in [4.69, 9.17) is 11.6 Å². The van der Waals surface area contributed by atoms with Gasteiger partial charge >= 0.3 is 0 Å². The summed E-state index contributed by atoms with van der Waals surface area (Å²) in [6.07, 6.45) is 2.36. The standard InChI is InChI=1S/C19H20ClN3O2S2/c1-19(2,10-13-5-3-4-6-15(13)20)22-16(24)12-26-11-14-9-17(25)23-7-8-27-18(23)21-14/h3-9H,10-12H2,1-2H3,(H,22,24). The van der Waals surface area contributed by atoms with E-state index < -0.39 is 5.54 Å². The molecule has 0 saturated heterocycles. The molecule has 2 heterocycles. The van der Waals surface area contributed by atoms with Crippen LogP contribution in [-0.4, -0.2) is 26.6 Å². The summed E-state index contributed by atoms with van der Waals surface area (Å²) in [6.45, 7) is 3.96. The van der Waals surface area contributed by atoms with Crippen LogP contribution in [0, 0.1) is 0 Å². The maximum atomic E-state index is 12.3. The first-order valence-electron chi connectivity index (χ1n) is 8.42. The number of hydrogen-bond donors (Lipinski definition) is 1. The van der Waals surface area contributed by atoms with Gasteiger partial charge in [-0.2, -0.15) is 0 Å². The van der Waals surface area contributed by atoms with Crippen LogP contribution in [0.15, 0.2) is 46.7 Å². The molecule has 0 spiro atoms. The van der Waals surface area contributed by atoms with E-state index in [-0.39, 0.29) is 11.5 Å². The number of rotatable bonds is 7. The molecule has 1 N–H and O–H groups in total. The highest BCUT2D eigenvalue weighted by Gasteiger charge is 2.22. The van der Waals surface area contributed by atoms with Crippen molar-refractivity contribution in [2.75, 3.05) is 5.75 Å². The molecular formula is C19H20ClN3O2S2. The molecule has 3 aromatic rings. The summed E-state index contributed by atoms with van der Waals surface area (Å²) in [6, 6.07) is 9.17. The Bertz CT molecular complexity index is 1010. The first kappa shape index (κ1) is 19.9. The number of hydrogen-bond acceptors (Lipinski definition) is 5. The van der Waals surface area contributed by atoms with Crippen LogP contribution < -0.4 is 10.9 Å². The average molecular weight is 422 g/mol. The minimum absolute atomic E-state index is 0.0500. The molecule has 0 aliphatic rings. The fourth-order valence-corrected chi connectivity index (χ4v) is 4.44. The predicted molar refractivity (Wildman–Crippen MR) is 113 cm³/mol. The fraction of sp³-hybridized carbons (Fsp3) is 0.316. The van der Waals surface area contributed by atoms with E-state index in [1.54, 1.807) is 6.20 Å². The van der Waals surface area contributed by atoms with Crippen LogP contribution in [0.25, 0.3) is 4.96 Å². The molecule has 3 rings (SSSR count). The van der Waals surface area contributed by atoms with Crippen LogP contribution in [0.1, 0.15) is 25.1 Å². The number of amides is 1. The molecular weight excluding hydrogens is 402 g/mol.